The number of nitrogens with zero attached hydrogens (tertiary/aromatic N) is 3. The number of hydrogen-bond acceptors (Lipinski definition) is 7. The van der Waals surface area contributed by atoms with Crippen LogP contribution in [-0.4, -0.2) is 15.0 Å². The van der Waals surface area contributed by atoms with Crippen LogP contribution in [0.4, 0.5) is 11.6 Å². The van der Waals surface area contributed by atoms with Crippen molar-refractivity contribution in [3.8, 4) is 0 Å². The zero-order valence-electron chi connectivity index (χ0n) is 9.64. The van der Waals surface area contributed by atoms with Gasteiger partial charge in [0.2, 0.25) is 0 Å². The van der Waals surface area contributed by atoms with E-state index < -0.39 is 0 Å². The molecule has 0 saturated carbocycles. The minimum atomic E-state index is -0.296. The highest BCUT2D eigenvalue weighted by molar-refractivity contribution is 7.09. The van der Waals surface area contributed by atoms with E-state index in [4.69, 9.17) is 5.84 Å². The molecule has 0 unspecified atom stereocenters. The predicted octanol–water partition coefficient (Wildman–Crippen LogP) is 1.57. The maximum atomic E-state index is 5.29. The number of hydrazine groups is 1. The molecule has 0 atom stereocenters. The molecule has 0 fully saturated rings. The molecule has 17 heavy (non-hydrogen) atoms. The minimum absolute atomic E-state index is 0.296. The SMILES string of the molecule is CC(C)(Nc1cncc(NN)n1)c1nccs1. The van der Waals surface area contributed by atoms with Gasteiger partial charge in [0, 0.05) is 11.6 Å². The molecule has 0 spiro atoms. The monoisotopic (exact) mass is 250 g/mol. The van der Waals surface area contributed by atoms with Crippen LogP contribution in [-0.2, 0) is 5.54 Å². The van der Waals surface area contributed by atoms with Crippen LogP contribution in [0.2, 0.25) is 0 Å². The van der Waals surface area contributed by atoms with Gasteiger partial charge in [0.1, 0.15) is 10.8 Å². The summed E-state index contributed by atoms with van der Waals surface area (Å²) in [5.41, 5.74) is 2.17. The number of nitrogen functional groups attached to an aromatic ring is 1. The van der Waals surface area contributed by atoms with E-state index in [0.29, 0.717) is 11.6 Å². The molecule has 2 aromatic rings. The Hall–Kier alpha value is -1.73. The van der Waals surface area contributed by atoms with Gasteiger partial charge in [-0.15, -0.1) is 11.3 Å². The summed E-state index contributed by atoms with van der Waals surface area (Å²) >= 11 is 1.60. The molecular weight excluding hydrogens is 236 g/mol. The topological polar surface area (TPSA) is 88.8 Å². The fourth-order valence-corrected chi connectivity index (χ4v) is 2.12. The third-order valence-corrected chi connectivity index (χ3v) is 3.29. The van der Waals surface area contributed by atoms with Crippen molar-refractivity contribution in [2.45, 2.75) is 19.4 Å². The molecule has 90 valence electrons. The quantitative estimate of drug-likeness (QED) is 0.564. The lowest BCUT2D eigenvalue weighted by Crippen LogP contribution is -2.28. The Morgan fingerprint density at radius 1 is 1.29 bits per heavy atom. The van der Waals surface area contributed by atoms with E-state index in [-0.39, 0.29) is 5.54 Å². The molecule has 0 aliphatic rings. The number of anilines is 2. The van der Waals surface area contributed by atoms with Crippen molar-refractivity contribution in [1.29, 1.82) is 0 Å². The van der Waals surface area contributed by atoms with Gasteiger partial charge in [0.05, 0.1) is 17.9 Å². The van der Waals surface area contributed by atoms with E-state index in [1.54, 1.807) is 29.9 Å². The lowest BCUT2D eigenvalue weighted by molar-refractivity contribution is 0.600. The van der Waals surface area contributed by atoms with Crippen molar-refractivity contribution >= 4 is 23.0 Å². The second kappa shape index (κ2) is 4.64. The largest absolute Gasteiger partial charge is 0.357 e. The van der Waals surface area contributed by atoms with Gasteiger partial charge in [0.15, 0.2) is 5.82 Å². The molecule has 0 aliphatic heterocycles. The molecule has 0 amide bonds. The highest BCUT2D eigenvalue weighted by atomic mass is 32.1. The zero-order valence-corrected chi connectivity index (χ0v) is 10.5. The zero-order chi connectivity index (χ0) is 12.3. The number of nitrogens with two attached hydrogens (primary N) is 1. The number of aromatic nitrogens is 3. The maximum absolute atomic E-state index is 5.29. The predicted molar refractivity (Wildman–Crippen MR) is 68.6 cm³/mol. The van der Waals surface area contributed by atoms with E-state index in [9.17, 15) is 0 Å². The second-order valence-corrected chi connectivity index (χ2v) is 4.92. The van der Waals surface area contributed by atoms with Crippen LogP contribution >= 0.6 is 11.3 Å². The lowest BCUT2D eigenvalue weighted by atomic mass is 10.1. The highest BCUT2D eigenvalue weighted by Crippen LogP contribution is 2.26. The molecule has 0 aliphatic carbocycles. The molecule has 2 heterocycles. The number of hydrogen-bond donors (Lipinski definition) is 3. The fraction of sp³-hybridized carbons (Fsp3) is 0.300. The Morgan fingerprint density at radius 2 is 2.06 bits per heavy atom. The normalized spacial score (nSPS) is 11.2. The maximum Gasteiger partial charge on any atom is 0.160 e. The van der Waals surface area contributed by atoms with Crippen LogP contribution < -0.4 is 16.6 Å². The second-order valence-electron chi connectivity index (χ2n) is 4.02. The smallest absolute Gasteiger partial charge is 0.160 e. The van der Waals surface area contributed by atoms with Gasteiger partial charge in [-0.05, 0) is 13.8 Å². The summed E-state index contributed by atoms with van der Waals surface area (Å²) < 4.78 is 0. The van der Waals surface area contributed by atoms with E-state index in [1.165, 1.54) is 0 Å². The first-order valence-electron chi connectivity index (χ1n) is 5.08. The summed E-state index contributed by atoms with van der Waals surface area (Å²) in [4.78, 5) is 12.6. The Balaban J connectivity index is 2.20. The van der Waals surface area contributed by atoms with Gasteiger partial charge in [-0.3, -0.25) is 4.98 Å². The van der Waals surface area contributed by atoms with Crippen LogP contribution in [0.25, 0.3) is 0 Å². The molecule has 7 heteroatoms. The van der Waals surface area contributed by atoms with Gasteiger partial charge < -0.3 is 10.7 Å². The molecule has 0 saturated heterocycles. The molecular formula is C10H14N6S. The van der Waals surface area contributed by atoms with Gasteiger partial charge in [0.25, 0.3) is 0 Å². The molecule has 6 nitrogen and oxygen atoms in total. The lowest BCUT2D eigenvalue weighted by Gasteiger charge is -2.24. The average Bonchev–Trinajstić information content (AvgIpc) is 2.83. The minimum Gasteiger partial charge on any atom is -0.357 e. The number of thiazole rings is 1. The third-order valence-electron chi connectivity index (χ3n) is 2.19. The fourth-order valence-electron chi connectivity index (χ4n) is 1.40. The molecule has 0 aromatic carbocycles. The van der Waals surface area contributed by atoms with Crippen molar-refractivity contribution in [2.24, 2.45) is 5.84 Å². The standard InChI is InChI=1S/C10H14N6S/c1-10(2,9-13-3-4-17-9)15-7-5-12-6-8(14-7)16-11/h3-6H,11H2,1-2H3,(H2,14,15,16). The van der Waals surface area contributed by atoms with E-state index >= 15 is 0 Å². The summed E-state index contributed by atoms with van der Waals surface area (Å²) in [7, 11) is 0. The van der Waals surface area contributed by atoms with Crippen molar-refractivity contribution in [1.82, 2.24) is 15.0 Å². The average molecular weight is 250 g/mol. The Kier molecular flexibility index (Phi) is 3.21. The van der Waals surface area contributed by atoms with Crippen molar-refractivity contribution in [2.75, 3.05) is 10.7 Å². The summed E-state index contributed by atoms with van der Waals surface area (Å²) in [5, 5.41) is 6.21. The Bertz CT molecular complexity index is 481. The molecule has 0 bridgehead atoms. The highest BCUT2D eigenvalue weighted by Gasteiger charge is 2.23. The molecule has 2 aromatic heterocycles. The first-order chi connectivity index (χ1) is 8.12. The van der Waals surface area contributed by atoms with Gasteiger partial charge >= 0.3 is 0 Å². The Morgan fingerprint density at radius 3 is 2.71 bits per heavy atom. The first-order valence-corrected chi connectivity index (χ1v) is 5.96. The molecule has 2 rings (SSSR count). The van der Waals surface area contributed by atoms with Crippen LogP contribution in [0.1, 0.15) is 18.9 Å². The summed E-state index contributed by atoms with van der Waals surface area (Å²) in [6, 6.07) is 0. The van der Waals surface area contributed by atoms with Crippen molar-refractivity contribution < 1.29 is 0 Å². The van der Waals surface area contributed by atoms with Gasteiger partial charge in [-0.25, -0.2) is 15.8 Å². The van der Waals surface area contributed by atoms with E-state index in [0.717, 1.165) is 5.01 Å². The van der Waals surface area contributed by atoms with Crippen LogP contribution in [0, 0.1) is 0 Å². The van der Waals surface area contributed by atoms with Gasteiger partial charge in [-0.2, -0.15) is 0 Å². The summed E-state index contributed by atoms with van der Waals surface area (Å²) in [5.74, 6) is 6.46. The number of rotatable bonds is 4. The Labute approximate surface area is 103 Å². The molecule has 0 radical (unpaired) electrons. The van der Waals surface area contributed by atoms with E-state index in [1.807, 2.05) is 19.2 Å². The molecule has 4 N–H and O–H groups in total. The summed E-state index contributed by atoms with van der Waals surface area (Å²) in [6.45, 7) is 4.08. The summed E-state index contributed by atoms with van der Waals surface area (Å²) in [6.07, 6.45) is 4.99. The first kappa shape index (κ1) is 11.7. The number of nitrogens with one attached hydrogen (secondary N) is 2. The van der Waals surface area contributed by atoms with Crippen LogP contribution in [0.15, 0.2) is 24.0 Å². The van der Waals surface area contributed by atoms with Crippen molar-refractivity contribution in [3.63, 3.8) is 0 Å². The van der Waals surface area contributed by atoms with Crippen LogP contribution in [0.3, 0.4) is 0 Å². The third kappa shape index (κ3) is 2.69. The van der Waals surface area contributed by atoms with Gasteiger partial charge in [-0.1, -0.05) is 0 Å². The van der Waals surface area contributed by atoms with E-state index in [2.05, 4.69) is 25.7 Å². The van der Waals surface area contributed by atoms with Crippen LogP contribution in [0.5, 0.6) is 0 Å². The van der Waals surface area contributed by atoms with Crippen molar-refractivity contribution in [3.05, 3.63) is 29.0 Å².